The van der Waals surface area contributed by atoms with E-state index in [2.05, 4.69) is 0 Å². The van der Waals surface area contributed by atoms with E-state index < -0.39 is 129 Å². The third-order valence-electron chi connectivity index (χ3n) is 19.3. The number of rotatable bonds is 17. The fourth-order valence-electron chi connectivity index (χ4n) is 15.6. The van der Waals surface area contributed by atoms with E-state index in [1.165, 1.54) is 24.3 Å². The highest BCUT2D eigenvalue weighted by Gasteiger charge is 2.77. The first-order chi connectivity index (χ1) is 32.8. The molecule has 8 aliphatic carbocycles. The molecule has 0 heterocycles. The van der Waals surface area contributed by atoms with Crippen molar-refractivity contribution < 1.29 is 86.7 Å². The molecular formula is C52H70F2O16. The standard InChI is InChI=1S/C52H70F2O16/c1-29-21-37-35-9-7-31-23-33(55)11-13-45(31,3)49(35,53)39(57)25-47(37,5)51(29,63)41(59)27-69-43(61)67-19-17-65-15-16-66-18-20-68-44(62)70-28-42(60)52(64)30(2)22-38-36-10-8-32-24-34(56)12-14-46(32,4)50(36,54)40(58)26-48(38,52)6/h11-14,23-24,29-30,35-40,43,57-58,61,63-64H,7-10,15-22,25-28H2,1-6H3/t29-,30-,35+,36+,37+,38+,39+,40+,43?,45+,46+,47+,48+,49+,50+,51+,52+/m1/s1. The first kappa shape index (κ1) is 52.7. The number of allylic oxidation sites excluding steroid dienone is 8. The molecule has 17 atom stereocenters. The summed E-state index contributed by atoms with van der Waals surface area (Å²) >= 11 is 0. The quantitative estimate of drug-likeness (QED) is 0.0775. The molecule has 6 fully saturated rings. The minimum absolute atomic E-state index is 0.00504. The molecule has 18 heteroatoms. The van der Waals surface area contributed by atoms with Crippen LogP contribution in [0.1, 0.15) is 92.9 Å². The maximum Gasteiger partial charge on any atom is 0.508 e. The molecule has 0 spiro atoms. The van der Waals surface area contributed by atoms with E-state index in [1.54, 1.807) is 53.7 Å². The molecule has 70 heavy (non-hydrogen) atoms. The lowest BCUT2D eigenvalue weighted by molar-refractivity contribution is -0.268. The summed E-state index contributed by atoms with van der Waals surface area (Å²) in [6, 6.07) is 0. The highest BCUT2D eigenvalue weighted by atomic mass is 19.1. The lowest BCUT2D eigenvalue weighted by Gasteiger charge is -2.62. The van der Waals surface area contributed by atoms with E-state index in [4.69, 9.17) is 28.4 Å². The van der Waals surface area contributed by atoms with Crippen LogP contribution in [0.5, 0.6) is 0 Å². The van der Waals surface area contributed by atoms with Crippen LogP contribution in [-0.2, 0) is 47.6 Å². The van der Waals surface area contributed by atoms with Crippen LogP contribution >= 0.6 is 0 Å². The number of carbonyl (C=O) groups is 5. The van der Waals surface area contributed by atoms with Crippen molar-refractivity contribution in [2.75, 3.05) is 52.9 Å². The summed E-state index contributed by atoms with van der Waals surface area (Å²) in [6.07, 6.45) is 6.23. The van der Waals surface area contributed by atoms with Crippen molar-refractivity contribution in [2.24, 2.45) is 57.2 Å². The third kappa shape index (κ3) is 7.70. The zero-order valence-electron chi connectivity index (χ0n) is 41.0. The third-order valence-corrected chi connectivity index (χ3v) is 19.3. The second-order valence-electron chi connectivity index (χ2n) is 22.3. The smallest absolute Gasteiger partial charge is 0.432 e. The van der Waals surface area contributed by atoms with Gasteiger partial charge in [-0.15, -0.1) is 0 Å². The van der Waals surface area contributed by atoms with Crippen LogP contribution in [0.25, 0.3) is 0 Å². The number of alkyl halides is 2. The average Bonchev–Trinajstić information content (AvgIpc) is 3.64. The lowest BCUT2D eigenvalue weighted by atomic mass is 9.44. The SMILES string of the molecule is C[C@@H]1C[C@H]2[C@@H]3CCC4=CC(=O)C=C[C@]4(C)[C@@]3(F)[C@@H](O)C[C@]2(C)[C@@]1(O)C(=O)COC(=O)OCCOCCOCCOC(O)OCC(=O)[C@@]1(O)[C@H](C)C[C@H]2[C@@H]3CCC4=CC(=O)C=C[C@]4(C)[C@@]3(F)[C@@H](O)C[C@@]21C. The molecule has 8 rings (SSSR count). The van der Waals surface area contributed by atoms with Crippen LogP contribution in [0.3, 0.4) is 0 Å². The maximum absolute atomic E-state index is 17.5. The summed E-state index contributed by atoms with van der Waals surface area (Å²) in [5.74, 6) is -5.52. The summed E-state index contributed by atoms with van der Waals surface area (Å²) in [4.78, 5) is 64.2. The Hall–Kier alpha value is -3.59. The number of Topliss-reactive ketones (excluding diaryl/α,β-unsaturated/α-hetero) is 2. The van der Waals surface area contributed by atoms with Gasteiger partial charge in [0.25, 0.3) is 6.48 Å². The van der Waals surface area contributed by atoms with E-state index in [9.17, 15) is 49.5 Å². The zero-order valence-corrected chi connectivity index (χ0v) is 41.0. The molecule has 0 aromatic rings. The van der Waals surface area contributed by atoms with Crippen molar-refractivity contribution in [1.29, 1.82) is 0 Å². The predicted octanol–water partition coefficient (Wildman–Crippen LogP) is 4.32. The summed E-state index contributed by atoms with van der Waals surface area (Å²) in [7, 11) is 0. The Kier molecular flexibility index (Phi) is 14.1. The number of aliphatic hydroxyl groups is 5. The minimum atomic E-state index is -2.13. The Morgan fingerprint density at radius 2 is 1.07 bits per heavy atom. The molecule has 6 saturated carbocycles. The number of carbonyl (C=O) groups excluding carboxylic acids is 5. The van der Waals surface area contributed by atoms with Crippen LogP contribution in [0.4, 0.5) is 13.6 Å². The Morgan fingerprint density at radius 3 is 1.54 bits per heavy atom. The van der Waals surface area contributed by atoms with E-state index in [-0.39, 0.29) is 64.0 Å². The van der Waals surface area contributed by atoms with E-state index in [1.807, 2.05) is 0 Å². The number of ketones is 4. The summed E-state index contributed by atoms with van der Waals surface area (Å²) in [5.41, 5.74) is -11.9. The number of fused-ring (bicyclic) bond motifs is 10. The van der Waals surface area contributed by atoms with Crippen LogP contribution in [0, 0.1) is 57.2 Å². The topological polar surface area (TPSA) is 242 Å². The molecule has 16 nitrogen and oxygen atoms in total. The second kappa shape index (κ2) is 18.7. The van der Waals surface area contributed by atoms with Gasteiger partial charge in [0.05, 0.1) is 45.2 Å². The van der Waals surface area contributed by atoms with Gasteiger partial charge in [-0.1, -0.05) is 51.0 Å². The first-order valence-corrected chi connectivity index (χ1v) is 24.8. The van der Waals surface area contributed by atoms with Crippen LogP contribution in [0.2, 0.25) is 0 Å². The number of hydrogen-bond acceptors (Lipinski definition) is 16. The van der Waals surface area contributed by atoms with Gasteiger partial charge >= 0.3 is 6.16 Å². The molecule has 0 aromatic heterocycles. The molecule has 5 N–H and O–H groups in total. The lowest BCUT2D eigenvalue weighted by Crippen LogP contribution is -2.69. The number of halogens is 2. The monoisotopic (exact) mass is 988 g/mol. The molecule has 0 aliphatic heterocycles. The van der Waals surface area contributed by atoms with Crippen molar-refractivity contribution in [2.45, 2.75) is 134 Å². The fraction of sp³-hybridized carbons (Fsp3) is 0.750. The Labute approximate surface area is 406 Å². The number of hydrogen-bond donors (Lipinski definition) is 5. The summed E-state index contributed by atoms with van der Waals surface area (Å²) in [5, 5.41) is 57.7. The van der Waals surface area contributed by atoms with E-state index >= 15 is 8.78 Å². The highest BCUT2D eigenvalue weighted by molar-refractivity contribution is 6.02. The van der Waals surface area contributed by atoms with Gasteiger partial charge in [0.2, 0.25) is 5.78 Å². The molecule has 0 amide bonds. The summed E-state index contributed by atoms with van der Waals surface area (Å²) < 4.78 is 66.3. The zero-order chi connectivity index (χ0) is 51.0. The van der Waals surface area contributed by atoms with Crippen LogP contribution in [-0.4, -0.2) is 149 Å². The fourth-order valence-corrected chi connectivity index (χ4v) is 15.6. The van der Waals surface area contributed by atoms with Gasteiger partial charge in [-0.3, -0.25) is 19.2 Å². The number of aliphatic hydroxyl groups excluding tert-OH is 3. The molecule has 0 radical (unpaired) electrons. The van der Waals surface area contributed by atoms with Crippen molar-refractivity contribution in [3.8, 4) is 0 Å². The maximum atomic E-state index is 17.5. The molecule has 0 bridgehead atoms. The second-order valence-corrected chi connectivity index (χ2v) is 22.3. The number of ether oxygens (including phenoxy) is 6. The van der Waals surface area contributed by atoms with E-state index in [0.717, 1.165) is 0 Å². The predicted molar refractivity (Wildman–Crippen MR) is 243 cm³/mol. The summed E-state index contributed by atoms with van der Waals surface area (Å²) in [6.45, 7) is 6.60. The molecule has 388 valence electrons. The van der Waals surface area contributed by atoms with Crippen molar-refractivity contribution in [3.05, 3.63) is 47.6 Å². The van der Waals surface area contributed by atoms with Crippen LogP contribution < -0.4 is 0 Å². The van der Waals surface area contributed by atoms with Gasteiger partial charge in [0, 0.05) is 33.5 Å². The minimum Gasteiger partial charge on any atom is -0.432 e. The van der Waals surface area contributed by atoms with Gasteiger partial charge in [-0.05, 0) is 113 Å². The molecular weight excluding hydrogens is 919 g/mol. The highest BCUT2D eigenvalue weighted by Crippen LogP contribution is 2.72. The first-order valence-electron chi connectivity index (χ1n) is 24.8. The molecule has 8 aliphatic rings. The van der Waals surface area contributed by atoms with Gasteiger partial charge in [-0.2, -0.15) is 0 Å². The van der Waals surface area contributed by atoms with Crippen molar-refractivity contribution >= 4 is 29.3 Å². The largest absolute Gasteiger partial charge is 0.508 e. The molecule has 1 unspecified atom stereocenters. The van der Waals surface area contributed by atoms with Gasteiger partial charge in [0.1, 0.15) is 24.4 Å². The Morgan fingerprint density at radius 1 is 0.643 bits per heavy atom. The molecule has 0 saturated heterocycles. The average molecular weight is 989 g/mol. The van der Waals surface area contributed by atoms with Crippen LogP contribution in [0.15, 0.2) is 47.6 Å². The van der Waals surface area contributed by atoms with Gasteiger partial charge in [0.15, 0.2) is 35.3 Å². The Bertz CT molecular complexity index is 2250. The van der Waals surface area contributed by atoms with Gasteiger partial charge < -0.3 is 54.0 Å². The van der Waals surface area contributed by atoms with E-state index in [0.29, 0.717) is 49.7 Å². The molecule has 0 aromatic carbocycles. The van der Waals surface area contributed by atoms with Crippen molar-refractivity contribution in [3.63, 3.8) is 0 Å². The normalized spacial score (nSPS) is 45.0. The van der Waals surface area contributed by atoms with Crippen molar-refractivity contribution in [1.82, 2.24) is 0 Å². The van der Waals surface area contributed by atoms with Gasteiger partial charge in [-0.25, -0.2) is 13.6 Å². The Balaban J connectivity index is 0.710.